The number of carbonyl (C=O) groups excluding carboxylic acids is 1. The molecule has 0 unspecified atom stereocenters. The number of amides is 1. The summed E-state index contributed by atoms with van der Waals surface area (Å²) in [5.74, 6) is 0.0967. The van der Waals surface area contributed by atoms with E-state index in [-0.39, 0.29) is 11.8 Å². The maximum Gasteiger partial charge on any atom is 0.228 e. The van der Waals surface area contributed by atoms with Gasteiger partial charge < -0.3 is 5.32 Å². The summed E-state index contributed by atoms with van der Waals surface area (Å²) in [6.45, 7) is 2.23. The van der Waals surface area contributed by atoms with Gasteiger partial charge >= 0.3 is 0 Å². The lowest BCUT2D eigenvalue weighted by Crippen LogP contribution is -2.31. The molecule has 0 aliphatic rings. The molecule has 6 heteroatoms. The van der Waals surface area contributed by atoms with Crippen molar-refractivity contribution < 1.29 is 9.00 Å². The van der Waals surface area contributed by atoms with Crippen LogP contribution in [0.5, 0.6) is 0 Å². The van der Waals surface area contributed by atoms with E-state index < -0.39 is 10.8 Å². The Morgan fingerprint density at radius 3 is 2.62 bits per heavy atom. The van der Waals surface area contributed by atoms with Crippen molar-refractivity contribution in [2.24, 2.45) is 0 Å². The fourth-order valence-electron chi connectivity index (χ4n) is 1.80. The molecule has 112 valence electrons. The summed E-state index contributed by atoms with van der Waals surface area (Å²) in [6.07, 6.45) is 0. The Balaban J connectivity index is 1.80. The van der Waals surface area contributed by atoms with Gasteiger partial charge in [-0.05, 0) is 31.2 Å². The predicted octanol–water partition coefficient (Wildman–Crippen LogP) is 3.43. The summed E-state index contributed by atoms with van der Waals surface area (Å²) in [6, 6.07) is 12.9. The molecule has 1 aromatic heterocycles. The van der Waals surface area contributed by atoms with Gasteiger partial charge in [0.05, 0.1) is 21.1 Å². The van der Waals surface area contributed by atoms with Gasteiger partial charge in [0, 0.05) is 22.1 Å². The Labute approximate surface area is 135 Å². The highest BCUT2D eigenvalue weighted by molar-refractivity contribution is 7.85. The normalized spacial score (nSPS) is 13.6. The first-order valence-corrected chi connectivity index (χ1v) is 9.05. The first-order valence-electron chi connectivity index (χ1n) is 6.54. The molecule has 0 saturated heterocycles. The van der Waals surface area contributed by atoms with Gasteiger partial charge in [0.2, 0.25) is 5.91 Å². The lowest BCUT2D eigenvalue weighted by Gasteiger charge is -2.10. The molecule has 1 heterocycles. The van der Waals surface area contributed by atoms with Gasteiger partial charge in [-0.2, -0.15) is 0 Å². The summed E-state index contributed by atoms with van der Waals surface area (Å²) < 4.78 is 12.7. The third kappa shape index (κ3) is 4.66. The van der Waals surface area contributed by atoms with Crippen LogP contribution in [-0.2, 0) is 15.6 Å². The van der Waals surface area contributed by atoms with Gasteiger partial charge in [-0.15, -0.1) is 11.3 Å². The molecule has 1 amide bonds. The maximum atomic E-state index is 12.0. The van der Waals surface area contributed by atoms with E-state index in [1.54, 1.807) is 6.07 Å². The predicted molar refractivity (Wildman–Crippen MR) is 88.5 cm³/mol. The van der Waals surface area contributed by atoms with Crippen LogP contribution in [0.1, 0.15) is 17.7 Å². The fraction of sp³-hybridized carbons (Fsp3) is 0.267. The van der Waals surface area contributed by atoms with E-state index in [4.69, 9.17) is 11.6 Å². The smallest absolute Gasteiger partial charge is 0.228 e. The third-order valence-corrected chi connectivity index (χ3v) is 5.79. The average molecular weight is 342 g/mol. The molecule has 3 nitrogen and oxygen atoms in total. The molecular formula is C15H16ClNO2S2. The highest BCUT2D eigenvalue weighted by atomic mass is 35.5. The number of halogens is 1. The zero-order valence-electron chi connectivity index (χ0n) is 11.5. The molecule has 0 bridgehead atoms. The average Bonchev–Trinajstić information content (AvgIpc) is 2.93. The molecule has 1 aromatic carbocycles. The van der Waals surface area contributed by atoms with Crippen molar-refractivity contribution in [3.8, 4) is 0 Å². The molecule has 1 N–H and O–H groups in total. The SMILES string of the molecule is C[C@H](C(=O)NCC[S@](=O)c1ccccc1)c1ccc(Cl)s1. The third-order valence-electron chi connectivity index (χ3n) is 3.01. The van der Waals surface area contributed by atoms with Crippen LogP contribution in [0.4, 0.5) is 0 Å². The van der Waals surface area contributed by atoms with Crippen molar-refractivity contribution in [3.05, 3.63) is 51.7 Å². The largest absolute Gasteiger partial charge is 0.355 e. The summed E-state index contributed by atoms with van der Waals surface area (Å²) in [4.78, 5) is 13.7. The number of rotatable bonds is 6. The number of hydrogen-bond donors (Lipinski definition) is 1. The molecule has 0 fully saturated rings. The van der Waals surface area contributed by atoms with Crippen molar-refractivity contribution >= 4 is 39.6 Å². The van der Waals surface area contributed by atoms with Crippen LogP contribution in [0.3, 0.4) is 0 Å². The van der Waals surface area contributed by atoms with E-state index in [2.05, 4.69) is 5.32 Å². The summed E-state index contributed by atoms with van der Waals surface area (Å²) >= 11 is 7.27. The van der Waals surface area contributed by atoms with Gasteiger partial charge in [-0.25, -0.2) is 0 Å². The van der Waals surface area contributed by atoms with Crippen molar-refractivity contribution in [3.63, 3.8) is 0 Å². The lowest BCUT2D eigenvalue weighted by atomic mass is 10.1. The molecule has 0 radical (unpaired) electrons. The van der Waals surface area contributed by atoms with Gasteiger partial charge in [0.15, 0.2) is 0 Å². The summed E-state index contributed by atoms with van der Waals surface area (Å²) in [5, 5.41) is 2.82. The second kappa shape index (κ2) is 7.73. The number of carbonyl (C=O) groups is 1. The van der Waals surface area contributed by atoms with Gasteiger partial charge in [0.1, 0.15) is 0 Å². The van der Waals surface area contributed by atoms with E-state index in [9.17, 15) is 9.00 Å². The number of benzene rings is 1. The van der Waals surface area contributed by atoms with Crippen LogP contribution in [0.25, 0.3) is 0 Å². The van der Waals surface area contributed by atoms with E-state index in [0.717, 1.165) is 9.77 Å². The Kier molecular flexibility index (Phi) is 5.96. The first kappa shape index (κ1) is 16.2. The Morgan fingerprint density at radius 2 is 2.00 bits per heavy atom. The summed E-state index contributed by atoms with van der Waals surface area (Å²) in [5.41, 5.74) is 0. The monoisotopic (exact) mass is 341 g/mol. The minimum atomic E-state index is -1.09. The number of thiophene rings is 1. The molecule has 2 atom stereocenters. The van der Waals surface area contributed by atoms with Gasteiger partial charge in [-0.3, -0.25) is 9.00 Å². The summed E-state index contributed by atoms with van der Waals surface area (Å²) in [7, 11) is -1.09. The zero-order valence-corrected chi connectivity index (χ0v) is 13.9. The molecule has 2 aromatic rings. The molecular weight excluding hydrogens is 326 g/mol. The molecule has 0 spiro atoms. The van der Waals surface area contributed by atoms with Crippen LogP contribution >= 0.6 is 22.9 Å². The first-order chi connectivity index (χ1) is 10.1. The molecule has 21 heavy (non-hydrogen) atoms. The van der Waals surface area contributed by atoms with Crippen molar-refractivity contribution in [1.29, 1.82) is 0 Å². The van der Waals surface area contributed by atoms with Crippen molar-refractivity contribution in [1.82, 2.24) is 5.32 Å². The van der Waals surface area contributed by atoms with Crippen LogP contribution in [0.2, 0.25) is 4.34 Å². The molecule has 2 rings (SSSR count). The molecule has 0 aliphatic heterocycles. The molecule has 0 aliphatic carbocycles. The Bertz CT molecular complexity index is 628. The van der Waals surface area contributed by atoms with Crippen molar-refractivity contribution in [2.75, 3.05) is 12.3 Å². The minimum Gasteiger partial charge on any atom is -0.355 e. The van der Waals surface area contributed by atoms with E-state index >= 15 is 0 Å². The van der Waals surface area contributed by atoms with Gasteiger partial charge in [-0.1, -0.05) is 29.8 Å². The Morgan fingerprint density at radius 1 is 1.29 bits per heavy atom. The van der Waals surface area contributed by atoms with E-state index in [1.807, 2.05) is 43.3 Å². The maximum absolute atomic E-state index is 12.0. The highest BCUT2D eigenvalue weighted by Crippen LogP contribution is 2.27. The van der Waals surface area contributed by atoms with Crippen LogP contribution < -0.4 is 5.32 Å². The number of hydrogen-bond acceptors (Lipinski definition) is 3. The van der Waals surface area contributed by atoms with Gasteiger partial charge in [0.25, 0.3) is 0 Å². The van der Waals surface area contributed by atoms with Crippen LogP contribution in [-0.4, -0.2) is 22.4 Å². The fourth-order valence-corrected chi connectivity index (χ4v) is 3.90. The standard InChI is InChI=1S/C15H16ClNO2S2/c1-11(13-7-8-14(16)20-13)15(18)17-9-10-21(19)12-5-3-2-4-6-12/h2-8,11H,9-10H2,1H3,(H,17,18)/t11-,21-/m0/s1. The zero-order chi connectivity index (χ0) is 15.2. The van der Waals surface area contributed by atoms with E-state index in [0.29, 0.717) is 16.6 Å². The van der Waals surface area contributed by atoms with Crippen LogP contribution in [0.15, 0.2) is 47.4 Å². The van der Waals surface area contributed by atoms with E-state index in [1.165, 1.54) is 11.3 Å². The van der Waals surface area contributed by atoms with Crippen molar-refractivity contribution in [2.45, 2.75) is 17.7 Å². The topological polar surface area (TPSA) is 46.2 Å². The lowest BCUT2D eigenvalue weighted by molar-refractivity contribution is -0.122. The number of nitrogens with one attached hydrogen (secondary N) is 1. The second-order valence-electron chi connectivity index (χ2n) is 4.52. The molecule has 0 saturated carbocycles. The van der Waals surface area contributed by atoms with Crippen LogP contribution in [0, 0.1) is 0 Å². The second-order valence-corrected chi connectivity index (χ2v) is 7.83. The minimum absolute atomic E-state index is 0.0708. The highest BCUT2D eigenvalue weighted by Gasteiger charge is 2.16. The Hall–Kier alpha value is -1.17. The quantitative estimate of drug-likeness (QED) is 0.875.